The normalized spacial score (nSPS) is 18.9. The molecular weight excluding hydrogens is 304 g/mol. The van der Waals surface area contributed by atoms with Crippen LogP contribution in [0.5, 0.6) is 5.75 Å². The van der Waals surface area contributed by atoms with E-state index < -0.39 is 10.7 Å². The van der Waals surface area contributed by atoms with Crippen molar-refractivity contribution in [2.45, 2.75) is 23.3 Å². The van der Waals surface area contributed by atoms with Crippen LogP contribution in [0.4, 0.5) is 0 Å². The number of allylic oxidation sites excluding steroid dienone is 2. The number of carbonyl (C=O) groups is 1. The van der Waals surface area contributed by atoms with Gasteiger partial charge in [0.15, 0.2) is 0 Å². The molecule has 1 aromatic carbocycles. The van der Waals surface area contributed by atoms with E-state index >= 15 is 0 Å². The fourth-order valence-electron chi connectivity index (χ4n) is 2.64. The van der Waals surface area contributed by atoms with Gasteiger partial charge in [0.05, 0.1) is 7.11 Å². The molecule has 3 nitrogen and oxygen atoms in total. The fourth-order valence-corrected chi connectivity index (χ4v) is 4.86. The molecule has 1 aliphatic carbocycles. The lowest BCUT2D eigenvalue weighted by Gasteiger charge is -2.23. The molecule has 21 heavy (non-hydrogen) atoms. The van der Waals surface area contributed by atoms with Crippen LogP contribution in [-0.4, -0.2) is 22.9 Å². The highest BCUT2D eigenvalue weighted by Crippen LogP contribution is 2.51. The zero-order valence-electron chi connectivity index (χ0n) is 11.7. The van der Waals surface area contributed by atoms with E-state index in [-0.39, 0.29) is 0 Å². The molecule has 111 valence electrons. The average Bonchev–Trinajstić information content (AvgIpc) is 3.05. The molecule has 1 N–H and O–H groups in total. The molecule has 5 heteroatoms. The third-order valence-electron chi connectivity index (χ3n) is 3.89. The number of thioether (sulfide) groups is 1. The number of methoxy groups -OCH3 is 1. The molecule has 1 aliphatic heterocycles. The van der Waals surface area contributed by atoms with Crippen molar-refractivity contribution in [2.24, 2.45) is 0 Å². The summed E-state index contributed by atoms with van der Waals surface area (Å²) in [4.78, 5) is 11.8. The van der Waals surface area contributed by atoms with Crippen molar-refractivity contribution in [3.63, 3.8) is 0 Å². The van der Waals surface area contributed by atoms with Crippen LogP contribution >= 0.6 is 23.5 Å². The van der Waals surface area contributed by atoms with Crippen LogP contribution in [0.25, 0.3) is 0 Å². The highest BCUT2D eigenvalue weighted by Gasteiger charge is 2.46. The summed E-state index contributed by atoms with van der Waals surface area (Å²) in [7, 11) is 1.64. The lowest BCUT2D eigenvalue weighted by Crippen LogP contribution is -2.32. The molecule has 0 amide bonds. The number of ether oxygens (including phenoxy) is 1. The molecular formula is C16H17O3S2. The van der Waals surface area contributed by atoms with Crippen molar-refractivity contribution in [1.29, 1.82) is 0 Å². The first-order valence-corrected chi connectivity index (χ1v) is 8.73. The molecule has 0 saturated heterocycles. The Morgan fingerprint density at radius 3 is 2.43 bits per heavy atom. The summed E-state index contributed by atoms with van der Waals surface area (Å²) < 4.78 is 4.44. The largest absolute Gasteiger partial charge is 0.497 e. The summed E-state index contributed by atoms with van der Waals surface area (Å²) >= 11 is 2.73. The minimum absolute atomic E-state index is 0.641. The number of thiol groups is 1. The van der Waals surface area contributed by atoms with Gasteiger partial charge in [-0.2, -0.15) is 11.8 Å². The Morgan fingerprint density at radius 1 is 1.29 bits per heavy atom. The average molecular weight is 321 g/mol. The lowest BCUT2D eigenvalue weighted by atomic mass is 10.1. The van der Waals surface area contributed by atoms with Crippen molar-refractivity contribution in [3.05, 3.63) is 51.8 Å². The minimum atomic E-state index is -0.701. The van der Waals surface area contributed by atoms with Crippen molar-refractivity contribution in [1.82, 2.24) is 0 Å². The van der Waals surface area contributed by atoms with Crippen molar-refractivity contribution >= 4 is 29.5 Å². The second-order valence-corrected chi connectivity index (χ2v) is 7.42. The van der Waals surface area contributed by atoms with E-state index in [2.05, 4.69) is 10.8 Å². The second kappa shape index (κ2) is 5.81. The summed E-state index contributed by atoms with van der Waals surface area (Å²) in [5.41, 5.74) is 3.57. The fraction of sp³-hybridized carbons (Fsp3) is 0.312. The van der Waals surface area contributed by atoms with Crippen molar-refractivity contribution < 1.29 is 14.6 Å². The van der Waals surface area contributed by atoms with Crippen LogP contribution in [0.15, 0.2) is 46.2 Å². The SMILES string of the molecule is COc1ccc(CSC2(C(=O)O)CC3=C[SH]C=C3C2)cc1. The molecule has 0 spiro atoms. The van der Waals surface area contributed by atoms with Crippen LogP contribution in [0.1, 0.15) is 18.4 Å². The zero-order valence-corrected chi connectivity index (χ0v) is 13.4. The number of carboxylic acids is 1. The van der Waals surface area contributed by atoms with Gasteiger partial charge in [-0.25, -0.2) is 0 Å². The van der Waals surface area contributed by atoms with Gasteiger partial charge in [-0.05, 0) is 52.5 Å². The number of aliphatic carboxylic acids is 1. The predicted octanol–water partition coefficient (Wildman–Crippen LogP) is 3.79. The van der Waals surface area contributed by atoms with Crippen LogP contribution in [-0.2, 0) is 10.5 Å². The lowest BCUT2D eigenvalue weighted by molar-refractivity contribution is -0.139. The zero-order chi connectivity index (χ0) is 14.9. The van der Waals surface area contributed by atoms with Crippen LogP contribution in [0.3, 0.4) is 0 Å². The smallest absolute Gasteiger partial charge is 0.320 e. The van der Waals surface area contributed by atoms with E-state index in [4.69, 9.17) is 4.74 Å². The molecule has 1 saturated carbocycles. The Labute approximate surface area is 132 Å². The van der Waals surface area contributed by atoms with Crippen LogP contribution in [0, 0.1) is 0 Å². The number of hydrogen-bond donors (Lipinski definition) is 2. The molecule has 0 aromatic heterocycles. The Kier molecular flexibility index (Phi) is 4.04. The molecule has 1 aromatic rings. The molecule has 0 bridgehead atoms. The molecule has 2 aliphatic rings. The van der Waals surface area contributed by atoms with E-state index in [1.807, 2.05) is 24.3 Å². The summed E-state index contributed by atoms with van der Waals surface area (Å²) in [5.74, 6) is 0.824. The van der Waals surface area contributed by atoms with Gasteiger partial charge in [-0.15, -0.1) is 11.8 Å². The van der Waals surface area contributed by atoms with Gasteiger partial charge in [-0.3, -0.25) is 4.79 Å². The molecule has 0 unspecified atom stereocenters. The highest BCUT2D eigenvalue weighted by molar-refractivity contribution is 8.05. The maximum absolute atomic E-state index is 11.8. The standard InChI is InChI=1S/C16H17O3S2/c1-19-14-4-2-11(3-5-14)8-21-16(15(17)18)6-12-9-20-10-13(12)7-16/h2-5,9-10,20H,6-8H2,1H3,(H,17,18). The summed E-state index contributed by atoms with van der Waals surface area (Å²) in [6.45, 7) is 0. The predicted molar refractivity (Wildman–Crippen MR) is 89.0 cm³/mol. The van der Waals surface area contributed by atoms with Gasteiger partial charge in [0.2, 0.25) is 0 Å². The van der Waals surface area contributed by atoms with E-state index in [1.54, 1.807) is 7.11 Å². The quantitative estimate of drug-likeness (QED) is 0.810. The van der Waals surface area contributed by atoms with E-state index in [0.717, 1.165) is 11.3 Å². The molecule has 3 rings (SSSR count). The van der Waals surface area contributed by atoms with E-state index in [1.165, 1.54) is 34.7 Å². The number of rotatable bonds is 5. The third kappa shape index (κ3) is 2.85. The summed E-state index contributed by atoms with van der Waals surface area (Å²) in [6.07, 6.45) is 1.28. The number of hydrogen-bond acceptors (Lipinski definition) is 3. The molecule has 1 radical (unpaired) electrons. The Bertz CT molecular complexity index is 597. The van der Waals surface area contributed by atoms with Crippen LogP contribution < -0.4 is 4.74 Å². The maximum Gasteiger partial charge on any atom is 0.320 e. The third-order valence-corrected chi connectivity index (χ3v) is 6.30. The van der Waals surface area contributed by atoms with Gasteiger partial charge in [0, 0.05) is 5.75 Å². The Balaban J connectivity index is 1.72. The maximum atomic E-state index is 11.8. The number of carboxylic acid groups (broad SMARTS) is 1. The first-order chi connectivity index (χ1) is 10.1. The van der Waals surface area contributed by atoms with Crippen LogP contribution in [0.2, 0.25) is 0 Å². The monoisotopic (exact) mass is 321 g/mol. The van der Waals surface area contributed by atoms with Crippen molar-refractivity contribution in [3.8, 4) is 5.75 Å². The first kappa shape index (κ1) is 14.6. The van der Waals surface area contributed by atoms with E-state index in [0.29, 0.717) is 18.6 Å². The summed E-state index contributed by atoms with van der Waals surface area (Å²) in [5, 5.41) is 13.9. The second-order valence-electron chi connectivity index (χ2n) is 5.25. The molecule has 0 atom stereocenters. The van der Waals surface area contributed by atoms with Gasteiger partial charge in [-0.1, -0.05) is 12.1 Å². The van der Waals surface area contributed by atoms with E-state index in [9.17, 15) is 9.90 Å². The van der Waals surface area contributed by atoms with Gasteiger partial charge >= 0.3 is 5.97 Å². The number of fused-ring (bicyclic) bond motifs is 1. The topological polar surface area (TPSA) is 46.5 Å². The first-order valence-electron chi connectivity index (χ1n) is 6.72. The van der Waals surface area contributed by atoms with Gasteiger partial charge in [0.25, 0.3) is 0 Å². The molecule has 1 fully saturated rings. The van der Waals surface area contributed by atoms with Gasteiger partial charge in [0.1, 0.15) is 10.5 Å². The number of benzene rings is 1. The minimum Gasteiger partial charge on any atom is -0.497 e. The summed E-state index contributed by atoms with van der Waals surface area (Å²) in [6, 6.07) is 7.82. The molecule has 1 heterocycles. The Morgan fingerprint density at radius 2 is 1.90 bits per heavy atom. The Hall–Kier alpha value is -1.33. The van der Waals surface area contributed by atoms with Crippen molar-refractivity contribution in [2.75, 3.05) is 7.11 Å². The highest BCUT2D eigenvalue weighted by atomic mass is 32.2. The van der Waals surface area contributed by atoms with Gasteiger partial charge < -0.3 is 9.84 Å².